The van der Waals surface area contributed by atoms with E-state index in [0.29, 0.717) is 10.8 Å². The first kappa shape index (κ1) is 18.4. The molecule has 0 atom stereocenters. The van der Waals surface area contributed by atoms with Crippen LogP contribution in [0.4, 0.5) is 11.4 Å². The molecule has 0 aliphatic carbocycles. The van der Waals surface area contributed by atoms with Crippen LogP contribution in [0, 0.1) is 0 Å². The van der Waals surface area contributed by atoms with Crippen LogP contribution in [0.2, 0.25) is 0 Å². The predicted molar refractivity (Wildman–Crippen MR) is 103 cm³/mol. The van der Waals surface area contributed by atoms with E-state index in [1.54, 1.807) is 12.1 Å². The Hall–Kier alpha value is -1.96. The van der Waals surface area contributed by atoms with Crippen molar-refractivity contribution in [1.29, 1.82) is 0 Å². The molecular weight excluding hydrogens is 342 g/mol. The number of unbranched alkanes of at least 4 members (excludes halogenated alkanes) is 1. The highest BCUT2D eigenvalue weighted by Gasteiger charge is 2.07. The molecule has 0 heterocycles. The van der Waals surface area contributed by atoms with Gasteiger partial charge in [-0.15, -0.1) is 0 Å². The van der Waals surface area contributed by atoms with Gasteiger partial charge >= 0.3 is 0 Å². The van der Waals surface area contributed by atoms with Crippen LogP contribution in [0.5, 0.6) is 0 Å². The lowest BCUT2D eigenvalue weighted by Gasteiger charge is -2.11. The molecule has 0 aliphatic rings. The standard InChI is InChI=1S/C17H21N3O2S2/c1-2-3-4-13-5-7-14(8-6-13)19-17(23)20-15-9-11-16(12-10-15)24(18,21)22/h5-12H,2-4H2,1H3,(H2,18,21,22)(H2,19,20,23). The van der Waals surface area contributed by atoms with Crippen molar-refractivity contribution < 1.29 is 8.42 Å². The van der Waals surface area contributed by atoms with Crippen LogP contribution in [0.3, 0.4) is 0 Å². The highest BCUT2D eigenvalue weighted by atomic mass is 32.2. The van der Waals surface area contributed by atoms with E-state index in [0.717, 1.165) is 12.1 Å². The van der Waals surface area contributed by atoms with E-state index >= 15 is 0 Å². The molecule has 0 aromatic heterocycles. The molecule has 0 saturated heterocycles. The first-order valence-electron chi connectivity index (χ1n) is 7.68. The van der Waals surface area contributed by atoms with Gasteiger partial charge in [0.2, 0.25) is 10.0 Å². The van der Waals surface area contributed by atoms with Crippen molar-refractivity contribution in [3.05, 3.63) is 54.1 Å². The van der Waals surface area contributed by atoms with Gasteiger partial charge in [0.15, 0.2) is 5.11 Å². The maximum atomic E-state index is 11.2. The number of anilines is 2. The Morgan fingerprint density at radius 2 is 1.50 bits per heavy atom. The first-order valence-corrected chi connectivity index (χ1v) is 9.64. The lowest BCUT2D eigenvalue weighted by molar-refractivity contribution is 0.598. The summed E-state index contributed by atoms with van der Waals surface area (Å²) < 4.78 is 22.4. The Morgan fingerprint density at radius 3 is 1.96 bits per heavy atom. The average Bonchev–Trinajstić information content (AvgIpc) is 2.54. The summed E-state index contributed by atoms with van der Waals surface area (Å²) in [6.07, 6.45) is 3.44. The summed E-state index contributed by atoms with van der Waals surface area (Å²) in [6, 6.07) is 14.2. The van der Waals surface area contributed by atoms with Gasteiger partial charge in [0, 0.05) is 11.4 Å². The molecular formula is C17H21N3O2S2. The number of hydrogen-bond acceptors (Lipinski definition) is 3. The fourth-order valence-electron chi connectivity index (χ4n) is 2.16. The van der Waals surface area contributed by atoms with E-state index in [-0.39, 0.29) is 4.90 Å². The lowest BCUT2D eigenvalue weighted by atomic mass is 10.1. The third kappa shape index (κ3) is 5.59. The molecule has 0 radical (unpaired) electrons. The average molecular weight is 364 g/mol. The number of nitrogens with one attached hydrogen (secondary N) is 2. The highest BCUT2D eigenvalue weighted by molar-refractivity contribution is 7.89. The molecule has 4 N–H and O–H groups in total. The normalized spacial score (nSPS) is 11.1. The van der Waals surface area contributed by atoms with Gasteiger partial charge in [-0.2, -0.15) is 0 Å². The molecule has 2 aromatic carbocycles. The van der Waals surface area contributed by atoms with Crippen molar-refractivity contribution in [3.8, 4) is 0 Å². The summed E-state index contributed by atoms with van der Waals surface area (Å²) in [5, 5.41) is 11.6. The highest BCUT2D eigenvalue weighted by Crippen LogP contribution is 2.15. The summed E-state index contributed by atoms with van der Waals surface area (Å²) in [6.45, 7) is 2.18. The molecule has 2 aromatic rings. The third-order valence-electron chi connectivity index (χ3n) is 3.47. The molecule has 0 spiro atoms. The zero-order valence-electron chi connectivity index (χ0n) is 13.5. The molecule has 24 heavy (non-hydrogen) atoms. The van der Waals surface area contributed by atoms with Crippen LogP contribution < -0.4 is 15.8 Å². The van der Waals surface area contributed by atoms with Crippen molar-refractivity contribution in [2.75, 3.05) is 10.6 Å². The number of aryl methyl sites for hydroxylation is 1. The maximum Gasteiger partial charge on any atom is 0.238 e. The Morgan fingerprint density at radius 1 is 1.00 bits per heavy atom. The van der Waals surface area contributed by atoms with Gasteiger partial charge in [-0.25, -0.2) is 13.6 Å². The second-order valence-corrected chi connectivity index (χ2v) is 7.42. The van der Waals surface area contributed by atoms with Gasteiger partial charge < -0.3 is 10.6 Å². The van der Waals surface area contributed by atoms with Crippen molar-refractivity contribution in [2.45, 2.75) is 31.1 Å². The quantitative estimate of drug-likeness (QED) is 0.684. The summed E-state index contributed by atoms with van der Waals surface area (Å²) in [5.41, 5.74) is 2.88. The van der Waals surface area contributed by atoms with Crippen molar-refractivity contribution in [1.82, 2.24) is 0 Å². The van der Waals surface area contributed by atoms with Crippen molar-refractivity contribution in [2.24, 2.45) is 5.14 Å². The molecule has 0 amide bonds. The van der Waals surface area contributed by atoms with Crippen molar-refractivity contribution >= 4 is 38.7 Å². The van der Waals surface area contributed by atoms with Crippen LogP contribution in [-0.4, -0.2) is 13.5 Å². The van der Waals surface area contributed by atoms with Gasteiger partial charge in [0.1, 0.15) is 0 Å². The van der Waals surface area contributed by atoms with E-state index in [1.165, 1.54) is 30.5 Å². The SMILES string of the molecule is CCCCc1ccc(NC(=S)Nc2ccc(S(N)(=O)=O)cc2)cc1. The van der Waals surface area contributed by atoms with Crippen LogP contribution >= 0.6 is 12.2 Å². The minimum absolute atomic E-state index is 0.0644. The minimum Gasteiger partial charge on any atom is -0.332 e. The zero-order valence-corrected chi connectivity index (χ0v) is 15.1. The Labute approximate surface area is 148 Å². The largest absolute Gasteiger partial charge is 0.332 e. The molecule has 0 unspecified atom stereocenters. The van der Waals surface area contributed by atoms with E-state index in [9.17, 15) is 8.42 Å². The van der Waals surface area contributed by atoms with Crippen LogP contribution in [-0.2, 0) is 16.4 Å². The topological polar surface area (TPSA) is 84.2 Å². The zero-order chi connectivity index (χ0) is 17.6. The van der Waals surface area contributed by atoms with E-state index in [4.69, 9.17) is 17.4 Å². The fourth-order valence-corrected chi connectivity index (χ4v) is 2.91. The first-order chi connectivity index (χ1) is 11.4. The fraction of sp³-hybridized carbons (Fsp3) is 0.235. The van der Waals surface area contributed by atoms with E-state index in [2.05, 4.69) is 29.7 Å². The molecule has 7 heteroatoms. The Kier molecular flexibility index (Phi) is 6.30. The van der Waals surface area contributed by atoms with Gasteiger partial charge in [-0.1, -0.05) is 25.5 Å². The summed E-state index contributed by atoms with van der Waals surface area (Å²) in [5.74, 6) is 0. The molecule has 0 fully saturated rings. The van der Waals surface area contributed by atoms with Crippen LogP contribution in [0.25, 0.3) is 0 Å². The second kappa shape index (κ2) is 8.23. The monoisotopic (exact) mass is 363 g/mol. The third-order valence-corrected chi connectivity index (χ3v) is 4.60. The number of thiocarbonyl (C=S) groups is 1. The molecule has 128 valence electrons. The van der Waals surface area contributed by atoms with Gasteiger partial charge in [-0.05, 0) is 67.0 Å². The smallest absolute Gasteiger partial charge is 0.238 e. The predicted octanol–water partition coefficient (Wildman–Crippen LogP) is 3.49. The molecule has 5 nitrogen and oxygen atoms in total. The maximum absolute atomic E-state index is 11.2. The number of nitrogens with two attached hydrogens (primary N) is 1. The Bertz CT molecular complexity index is 786. The van der Waals surface area contributed by atoms with Gasteiger partial charge in [0.05, 0.1) is 4.90 Å². The number of hydrogen-bond donors (Lipinski definition) is 3. The summed E-state index contributed by atoms with van der Waals surface area (Å²) >= 11 is 5.26. The van der Waals surface area contributed by atoms with Gasteiger partial charge in [-0.3, -0.25) is 0 Å². The molecule has 0 saturated carbocycles. The minimum atomic E-state index is -3.68. The summed E-state index contributed by atoms with van der Waals surface area (Å²) in [7, 11) is -3.68. The number of primary sulfonamides is 1. The van der Waals surface area contributed by atoms with Crippen molar-refractivity contribution in [3.63, 3.8) is 0 Å². The summed E-state index contributed by atoms with van der Waals surface area (Å²) in [4.78, 5) is 0.0644. The van der Waals surface area contributed by atoms with E-state index < -0.39 is 10.0 Å². The van der Waals surface area contributed by atoms with E-state index in [1.807, 2.05) is 12.1 Å². The number of rotatable bonds is 6. The number of sulfonamides is 1. The van der Waals surface area contributed by atoms with Crippen LogP contribution in [0.1, 0.15) is 25.3 Å². The molecule has 0 aliphatic heterocycles. The second-order valence-electron chi connectivity index (χ2n) is 5.45. The molecule has 0 bridgehead atoms. The Balaban J connectivity index is 1.93. The van der Waals surface area contributed by atoms with Crippen LogP contribution in [0.15, 0.2) is 53.4 Å². The lowest BCUT2D eigenvalue weighted by Crippen LogP contribution is -2.19. The molecule has 2 rings (SSSR count). The van der Waals surface area contributed by atoms with Gasteiger partial charge in [0.25, 0.3) is 0 Å². The number of benzene rings is 2.